The maximum atomic E-state index is 12.3. The molecule has 5 nitrogen and oxygen atoms in total. The van der Waals surface area contributed by atoms with Gasteiger partial charge in [0, 0.05) is 11.1 Å². The first-order valence-electron chi connectivity index (χ1n) is 9.79. The van der Waals surface area contributed by atoms with Crippen molar-refractivity contribution in [2.24, 2.45) is 5.10 Å². The van der Waals surface area contributed by atoms with Gasteiger partial charge in [0.15, 0.2) is 0 Å². The van der Waals surface area contributed by atoms with Crippen LogP contribution in [0.25, 0.3) is 0 Å². The van der Waals surface area contributed by atoms with E-state index in [0.29, 0.717) is 34.6 Å². The van der Waals surface area contributed by atoms with Crippen molar-refractivity contribution in [1.82, 2.24) is 5.43 Å². The topological polar surface area (TPSA) is 59.9 Å². The van der Waals surface area contributed by atoms with Gasteiger partial charge in [-0.1, -0.05) is 48.3 Å². The maximum Gasteiger partial charge on any atom is 0.271 e. The van der Waals surface area contributed by atoms with Crippen LogP contribution in [-0.4, -0.2) is 18.7 Å². The molecular formula is C24H22Cl2N2O3. The van der Waals surface area contributed by atoms with Gasteiger partial charge in [-0.3, -0.25) is 4.79 Å². The molecule has 0 atom stereocenters. The monoisotopic (exact) mass is 456 g/mol. The summed E-state index contributed by atoms with van der Waals surface area (Å²) >= 11 is 12.0. The Morgan fingerprint density at radius 1 is 1.00 bits per heavy atom. The van der Waals surface area contributed by atoms with Crippen LogP contribution in [0.5, 0.6) is 11.5 Å². The van der Waals surface area contributed by atoms with Crippen molar-refractivity contribution in [3.05, 3.63) is 93.5 Å². The number of hydrazone groups is 1. The number of benzene rings is 3. The normalized spacial score (nSPS) is 10.8. The van der Waals surface area contributed by atoms with Gasteiger partial charge in [-0.25, -0.2) is 5.43 Å². The summed E-state index contributed by atoms with van der Waals surface area (Å²) in [5.74, 6) is 1.05. The van der Waals surface area contributed by atoms with E-state index in [9.17, 15) is 4.79 Å². The molecule has 0 heterocycles. The van der Waals surface area contributed by atoms with Gasteiger partial charge in [-0.2, -0.15) is 5.10 Å². The van der Waals surface area contributed by atoms with E-state index in [2.05, 4.69) is 10.5 Å². The molecule has 0 bridgehead atoms. The molecule has 0 saturated heterocycles. The Labute approximate surface area is 191 Å². The van der Waals surface area contributed by atoms with Gasteiger partial charge in [0.1, 0.15) is 18.1 Å². The van der Waals surface area contributed by atoms with E-state index >= 15 is 0 Å². The summed E-state index contributed by atoms with van der Waals surface area (Å²) in [4.78, 5) is 12.3. The first-order chi connectivity index (χ1) is 15.1. The SMILES string of the molecule is CCCOc1ccc(C(=O)N/N=C/c2ccccc2OCc2ccc(Cl)c(Cl)c2)cc1. The molecule has 0 aliphatic heterocycles. The molecule has 7 heteroatoms. The number of carbonyl (C=O) groups excluding carboxylic acids is 1. The number of para-hydroxylation sites is 1. The van der Waals surface area contributed by atoms with Gasteiger partial charge in [0.2, 0.25) is 0 Å². The molecule has 1 amide bonds. The second kappa shape index (κ2) is 11.4. The number of nitrogens with one attached hydrogen (secondary N) is 1. The van der Waals surface area contributed by atoms with Crippen LogP contribution in [0.2, 0.25) is 10.0 Å². The number of carbonyl (C=O) groups is 1. The molecule has 0 saturated carbocycles. The molecule has 0 aromatic heterocycles. The van der Waals surface area contributed by atoms with Gasteiger partial charge in [-0.15, -0.1) is 0 Å². The molecule has 160 valence electrons. The summed E-state index contributed by atoms with van der Waals surface area (Å²) in [5.41, 5.74) is 4.64. The van der Waals surface area contributed by atoms with E-state index in [-0.39, 0.29) is 5.91 Å². The van der Waals surface area contributed by atoms with Gasteiger partial charge in [0.25, 0.3) is 5.91 Å². The molecule has 0 fully saturated rings. The molecule has 3 rings (SSSR count). The lowest BCUT2D eigenvalue weighted by atomic mass is 10.2. The Balaban J connectivity index is 1.59. The number of hydrogen-bond donors (Lipinski definition) is 1. The quantitative estimate of drug-likeness (QED) is 0.311. The summed E-state index contributed by atoms with van der Waals surface area (Å²) < 4.78 is 11.4. The highest BCUT2D eigenvalue weighted by atomic mass is 35.5. The molecule has 3 aromatic carbocycles. The Kier molecular flexibility index (Phi) is 8.33. The zero-order valence-electron chi connectivity index (χ0n) is 17.0. The number of nitrogens with zero attached hydrogens (tertiary/aromatic N) is 1. The highest BCUT2D eigenvalue weighted by molar-refractivity contribution is 6.42. The largest absolute Gasteiger partial charge is 0.494 e. The zero-order chi connectivity index (χ0) is 22.1. The minimum Gasteiger partial charge on any atom is -0.494 e. The molecule has 0 unspecified atom stereocenters. The summed E-state index contributed by atoms with van der Waals surface area (Å²) in [5, 5.41) is 5.03. The van der Waals surface area contributed by atoms with Crippen molar-refractivity contribution >= 4 is 35.3 Å². The fourth-order valence-corrected chi connectivity index (χ4v) is 2.98. The van der Waals surface area contributed by atoms with E-state index in [1.165, 1.54) is 0 Å². The first-order valence-corrected chi connectivity index (χ1v) is 10.5. The van der Waals surface area contributed by atoms with Gasteiger partial charge >= 0.3 is 0 Å². The van der Waals surface area contributed by atoms with Crippen LogP contribution in [0.15, 0.2) is 71.8 Å². The second-order valence-electron chi connectivity index (χ2n) is 6.65. The van der Waals surface area contributed by atoms with E-state index < -0.39 is 0 Å². The van der Waals surface area contributed by atoms with Gasteiger partial charge < -0.3 is 9.47 Å². The van der Waals surface area contributed by atoms with Crippen LogP contribution < -0.4 is 14.9 Å². The van der Waals surface area contributed by atoms with E-state index in [1.54, 1.807) is 42.6 Å². The second-order valence-corrected chi connectivity index (χ2v) is 7.46. The van der Waals surface area contributed by atoms with E-state index in [1.807, 2.05) is 37.3 Å². The maximum absolute atomic E-state index is 12.3. The zero-order valence-corrected chi connectivity index (χ0v) is 18.5. The lowest BCUT2D eigenvalue weighted by Gasteiger charge is -2.09. The number of rotatable bonds is 9. The molecular weight excluding hydrogens is 435 g/mol. The molecule has 31 heavy (non-hydrogen) atoms. The highest BCUT2D eigenvalue weighted by Crippen LogP contribution is 2.24. The Morgan fingerprint density at radius 3 is 2.52 bits per heavy atom. The summed E-state index contributed by atoms with van der Waals surface area (Å²) in [7, 11) is 0. The molecule has 1 N–H and O–H groups in total. The van der Waals surface area contributed by atoms with Gasteiger partial charge in [0.05, 0.1) is 22.9 Å². The van der Waals surface area contributed by atoms with Gasteiger partial charge in [-0.05, 0) is 60.5 Å². The number of hydrogen-bond acceptors (Lipinski definition) is 4. The Hall–Kier alpha value is -3.02. The lowest BCUT2D eigenvalue weighted by Crippen LogP contribution is -2.17. The van der Waals surface area contributed by atoms with Crippen molar-refractivity contribution in [3.63, 3.8) is 0 Å². The van der Waals surface area contributed by atoms with E-state index in [0.717, 1.165) is 23.3 Å². The van der Waals surface area contributed by atoms with Crippen LogP contribution in [0, 0.1) is 0 Å². The van der Waals surface area contributed by atoms with Crippen molar-refractivity contribution in [2.75, 3.05) is 6.61 Å². The molecule has 3 aromatic rings. The van der Waals surface area contributed by atoms with E-state index in [4.69, 9.17) is 32.7 Å². The average molecular weight is 457 g/mol. The molecule has 0 aliphatic rings. The van der Waals surface area contributed by atoms with Crippen LogP contribution in [0.3, 0.4) is 0 Å². The van der Waals surface area contributed by atoms with Crippen LogP contribution in [0.1, 0.15) is 34.8 Å². The molecule has 0 radical (unpaired) electrons. The fraction of sp³-hybridized carbons (Fsp3) is 0.167. The van der Waals surface area contributed by atoms with Crippen molar-refractivity contribution in [1.29, 1.82) is 0 Å². The minimum atomic E-state index is -0.313. The third-order valence-corrected chi connectivity index (χ3v) is 5.00. The number of amides is 1. The molecule has 0 aliphatic carbocycles. The van der Waals surface area contributed by atoms with Crippen molar-refractivity contribution < 1.29 is 14.3 Å². The number of ether oxygens (including phenoxy) is 2. The Bertz CT molecular complexity index is 1050. The third-order valence-electron chi connectivity index (χ3n) is 4.26. The Morgan fingerprint density at radius 2 is 1.77 bits per heavy atom. The van der Waals surface area contributed by atoms with Crippen LogP contribution in [0.4, 0.5) is 0 Å². The smallest absolute Gasteiger partial charge is 0.271 e. The van der Waals surface area contributed by atoms with Crippen LogP contribution >= 0.6 is 23.2 Å². The average Bonchev–Trinajstić information content (AvgIpc) is 2.79. The first kappa shape index (κ1) is 22.7. The van der Waals surface area contributed by atoms with Crippen molar-refractivity contribution in [3.8, 4) is 11.5 Å². The third kappa shape index (κ3) is 6.74. The standard InChI is InChI=1S/C24H22Cl2N2O3/c1-2-13-30-20-10-8-18(9-11-20)24(29)28-27-15-19-5-3-4-6-23(19)31-16-17-7-12-21(25)22(26)14-17/h3-12,14-15H,2,13,16H2,1H3,(H,28,29)/b27-15+. The predicted molar refractivity (Wildman–Crippen MR) is 125 cm³/mol. The lowest BCUT2D eigenvalue weighted by molar-refractivity contribution is 0.0955. The predicted octanol–water partition coefficient (Wildman–Crippen LogP) is 6.13. The number of halogens is 2. The minimum absolute atomic E-state index is 0.313. The fourth-order valence-electron chi connectivity index (χ4n) is 2.66. The highest BCUT2D eigenvalue weighted by Gasteiger charge is 2.06. The summed E-state index contributed by atoms with van der Waals surface area (Å²) in [6, 6.07) is 19.7. The van der Waals surface area contributed by atoms with Crippen LogP contribution in [-0.2, 0) is 6.61 Å². The molecule has 0 spiro atoms. The summed E-state index contributed by atoms with van der Waals surface area (Å²) in [6.45, 7) is 3.00. The summed E-state index contributed by atoms with van der Waals surface area (Å²) in [6.07, 6.45) is 2.47. The van der Waals surface area contributed by atoms with Crippen molar-refractivity contribution in [2.45, 2.75) is 20.0 Å².